The van der Waals surface area contributed by atoms with Crippen LogP contribution in [0.3, 0.4) is 0 Å². The smallest absolute Gasteiger partial charge is 0.237 e. The second-order valence-corrected chi connectivity index (χ2v) is 5.22. The molecular formula is C13H27N3O. The molecule has 1 heterocycles. The quantitative estimate of drug-likeness (QED) is 0.653. The summed E-state index contributed by atoms with van der Waals surface area (Å²) in [4.78, 5) is 14.0. The van der Waals surface area contributed by atoms with Crippen LogP contribution >= 0.6 is 0 Å². The summed E-state index contributed by atoms with van der Waals surface area (Å²) in [5.41, 5.74) is 0. The predicted octanol–water partition coefficient (Wildman–Crippen LogP) is 0.975. The van der Waals surface area contributed by atoms with E-state index in [2.05, 4.69) is 36.4 Å². The Hall–Kier alpha value is -0.610. The summed E-state index contributed by atoms with van der Waals surface area (Å²) in [5, 5.41) is 6.22. The molecule has 100 valence electrons. The molecule has 0 aromatic heterocycles. The van der Waals surface area contributed by atoms with Gasteiger partial charge in [-0.3, -0.25) is 4.79 Å². The first-order valence-corrected chi connectivity index (χ1v) is 6.82. The van der Waals surface area contributed by atoms with E-state index in [1.165, 1.54) is 0 Å². The van der Waals surface area contributed by atoms with E-state index in [-0.39, 0.29) is 11.9 Å². The molecule has 1 fully saturated rings. The van der Waals surface area contributed by atoms with E-state index in [4.69, 9.17) is 0 Å². The molecule has 1 aliphatic rings. The van der Waals surface area contributed by atoms with Gasteiger partial charge in [0.15, 0.2) is 0 Å². The van der Waals surface area contributed by atoms with E-state index in [1.807, 2.05) is 0 Å². The molecule has 17 heavy (non-hydrogen) atoms. The van der Waals surface area contributed by atoms with Gasteiger partial charge in [0.2, 0.25) is 5.91 Å². The maximum absolute atomic E-state index is 11.7. The molecule has 1 aliphatic heterocycles. The molecule has 1 amide bonds. The number of hydrogen-bond donors (Lipinski definition) is 2. The van der Waals surface area contributed by atoms with Gasteiger partial charge in [-0.25, -0.2) is 0 Å². The van der Waals surface area contributed by atoms with Gasteiger partial charge in [-0.15, -0.1) is 0 Å². The first-order chi connectivity index (χ1) is 8.11. The van der Waals surface area contributed by atoms with Gasteiger partial charge < -0.3 is 15.5 Å². The lowest BCUT2D eigenvalue weighted by molar-refractivity contribution is -0.122. The van der Waals surface area contributed by atoms with Crippen LogP contribution in [0.15, 0.2) is 0 Å². The van der Waals surface area contributed by atoms with Crippen molar-refractivity contribution in [2.75, 3.05) is 26.7 Å². The first-order valence-electron chi connectivity index (χ1n) is 6.82. The zero-order valence-electron chi connectivity index (χ0n) is 11.5. The maximum Gasteiger partial charge on any atom is 0.237 e. The molecule has 1 rings (SSSR count). The molecule has 0 aliphatic carbocycles. The summed E-state index contributed by atoms with van der Waals surface area (Å²) in [5.74, 6) is 0.180. The van der Waals surface area contributed by atoms with E-state index < -0.39 is 0 Å². The third-order valence-corrected chi connectivity index (χ3v) is 3.50. The van der Waals surface area contributed by atoms with Crippen LogP contribution in [-0.4, -0.2) is 49.6 Å². The number of carbonyl (C=O) groups excluding carboxylic acids is 1. The van der Waals surface area contributed by atoms with Crippen LogP contribution < -0.4 is 10.6 Å². The van der Waals surface area contributed by atoms with Crippen molar-refractivity contribution in [1.29, 1.82) is 0 Å². The van der Waals surface area contributed by atoms with Gasteiger partial charge in [-0.05, 0) is 59.7 Å². The van der Waals surface area contributed by atoms with Crippen molar-refractivity contribution >= 4 is 5.91 Å². The van der Waals surface area contributed by atoms with Crippen molar-refractivity contribution in [3.8, 4) is 0 Å². The first kappa shape index (κ1) is 14.5. The highest BCUT2D eigenvalue weighted by atomic mass is 16.2. The molecule has 0 unspecified atom stereocenters. The maximum atomic E-state index is 11.7. The fourth-order valence-electron chi connectivity index (χ4n) is 1.99. The minimum absolute atomic E-state index is 0.0633. The molecule has 2 N–H and O–H groups in total. The largest absolute Gasteiger partial charge is 0.355 e. The van der Waals surface area contributed by atoms with Crippen molar-refractivity contribution < 1.29 is 4.79 Å². The summed E-state index contributed by atoms with van der Waals surface area (Å²) < 4.78 is 0. The molecule has 1 atom stereocenters. The Balaban J connectivity index is 1.98. The summed E-state index contributed by atoms with van der Waals surface area (Å²) >= 11 is 0. The van der Waals surface area contributed by atoms with Crippen LogP contribution in [0.2, 0.25) is 0 Å². The van der Waals surface area contributed by atoms with Gasteiger partial charge in [-0.2, -0.15) is 0 Å². The Labute approximate surface area is 105 Å². The lowest BCUT2D eigenvalue weighted by atomic mass is 10.2. The van der Waals surface area contributed by atoms with Crippen LogP contribution in [0.5, 0.6) is 0 Å². The van der Waals surface area contributed by atoms with Gasteiger partial charge >= 0.3 is 0 Å². The number of rotatable bonds is 7. The number of hydrogen-bond acceptors (Lipinski definition) is 3. The Kier molecular flexibility index (Phi) is 6.52. The lowest BCUT2D eigenvalue weighted by Gasteiger charge is -2.20. The Bertz CT molecular complexity index is 225. The molecular weight excluding hydrogens is 214 g/mol. The number of nitrogens with one attached hydrogen (secondary N) is 2. The fourth-order valence-corrected chi connectivity index (χ4v) is 1.99. The SMILES string of the molecule is CC(C)N(C)CCCCNC(=O)[C@H]1CCCN1. The van der Waals surface area contributed by atoms with E-state index >= 15 is 0 Å². The van der Waals surface area contributed by atoms with Crippen molar-refractivity contribution in [3.63, 3.8) is 0 Å². The molecule has 0 saturated carbocycles. The van der Waals surface area contributed by atoms with E-state index in [1.54, 1.807) is 0 Å². The summed E-state index contributed by atoms with van der Waals surface area (Å²) in [6.45, 7) is 7.30. The van der Waals surface area contributed by atoms with Gasteiger partial charge in [0.25, 0.3) is 0 Å². The summed E-state index contributed by atoms with van der Waals surface area (Å²) in [7, 11) is 2.14. The lowest BCUT2D eigenvalue weighted by Crippen LogP contribution is -2.40. The van der Waals surface area contributed by atoms with Gasteiger partial charge in [0.05, 0.1) is 6.04 Å². The zero-order valence-corrected chi connectivity index (χ0v) is 11.5. The summed E-state index contributed by atoms with van der Waals surface area (Å²) in [6.07, 6.45) is 4.32. The van der Waals surface area contributed by atoms with Crippen molar-refractivity contribution in [2.45, 2.75) is 51.6 Å². The topological polar surface area (TPSA) is 44.4 Å². The molecule has 1 saturated heterocycles. The summed E-state index contributed by atoms with van der Waals surface area (Å²) in [6, 6.07) is 0.667. The third-order valence-electron chi connectivity index (χ3n) is 3.50. The Morgan fingerprint density at radius 3 is 2.82 bits per heavy atom. The van der Waals surface area contributed by atoms with Crippen molar-refractivity contribution in [1.82, 2.24) is 15.5 Å². The normalized spacial score (nSPS) is 20.2. The third kappa shape index (κ3) is 5.50. The highest BCUT2D eigenvalue weighted by molar-refractivity contribution is 5.81. The molecule has 0 aromatic rings. The number of unbranched alkanes of at least 4 members (excludes halogenated alkanes) is 1. The molecule has 4 heteroatoms. The van der Waals surface area contributed by atoms with Crippen LogP contribution in [0, 0.1) is 0 Å². The monoisotopic (exact) mass is 241 g/mol. The second-order valence-electron chi connectivity index (χ2n) is 5.22. The van der Waals surface area contributed by atoms with E-state index in [0.29, 0.717) is 6.04 Å². The molecule has 0 spiro atoms. The minimum Gasteiger partial charge on any atom is -0.355 e. The molecule has 0 radical (unpaired) electrons. The van der Waals surface area contributed by atoms with Crippen molar-refractivity contribution in [3.05, 3.63) is 0 Å². The second kappa shape index (κ2) is 7.67. The zero-order chi connectivity index (χ0) is 12.7. The fraction of sp³-hybridized carbons (Fsp3) is 0.923. The minimum atomic E-state index is 0.0633. The average molecular weight is 241 g/mol. The van der Waals surface area contributed by atoms with Crippen molar-refractivity contribution in [2.24, 2.45) is 0 Å². The average Bonchev–Trinajstić information content (AvgIpc) is 2.81. The molecule has 0 aromatic carbocycles. The number of amides is 1. The van der Waals surface area contributed by atoms with Crippen LogP contribution in [0.4, 0.5) is 0 Å². The highest BCUT2D eigenvalue weighted by Gasteiger charge is 2.20. The standard InChI is InChI=1S/C13H27N3O/c1-11(2)16(3)10-5-4-8-15-13(17)12-7-6-9-14-12/h11-12,14H,4-10H2,1-3H3,(H,15,17)/t12-/m1/s1. The van der Waals surface area contributed by atoms with E-state index in [0.717, 1.165) is 45.3 Å². The molecule has 0 bridgehead atoms. The van der Waals surface area contributed by atoms with Gasteiger partial charge in [0, 0.05) is 12.6 Å². The van der Waals surface area contributed by atoms with Gasteiger partial charge in [0.1, 0.15) is 0 Å². The number of nitrogens with zero attached hydrogens (tertiary/aromatic N) is 1. The highest BCUT2D eigenvalue weighted by Crippen LogP contribution is 2.04. The Morgan fingerprint density at radius 1 is 1.47 bits per heavy atom. The molecule has 4 nitrogen and oxygen atoms in total. The van der Waals surface area contributed by atoms with Crippen LogP contribution in [0.1, 0.15) is 39.5 Å². The van der Waals surface area contributed by atoms with Crippen LogP contribution in [0.25, 0.3) is 0 Å². The Morgan fingerprint density at radius 2 is 2.24 bits per heavy atom. The van der Waals surface area contributed by atoms with Crippen LogP contribution in [-0.2, 0) is 4.79 Å². The van der Waals surface area contributed by atoms with Gasteiger partial charge in [-0.1, -0.05) is 0 Å². The van der Waals surface area contributed by atoms with E-state index in [9.17, 15) is 4.79 Å². The number of carbonyl (C=O) groups is 1. The predicted molar refractivity (Wildman–Crippen MR) is 71.0 cm³/mol.